The Morgan fingerprint density at radius 2 is 1.70 bits per heavy atom. The van der Waals surface area contributed by atoms with Crippen molar-refractivity contribution < 1.29 is 37.4 Å². The number of hydrogen-bond acceptors (Lipinski definition) is 5. The molecule has 2 aromatic rings. The highest BCUT2D eigenvalue weighted by molar-refractivity contribution is 5.99. The molecule has 0 aliphatic heterocycles. The molecule has 0 radical (unpaired) electrons. The first-order chi connectivity index (χ1) is 17.5. The van der Waals surface area contributed by atoms with Gasteiger partial charge in [-0.25, -0.2) is 4.79 Å². The molecule has 0 heterocycles. The van der Waals surface area contributed by atoms with Crippen molar-refractivity contribution in [3.63, 3.8) is 0 Å². The summed E-state index contributed by atoms with van der Waals surface area (Å²) >= 11 is 0. The van der Waals surface area contributed by atoms with E-state index in [1.165, 1.54) is 11.6 Å². The molecule has 0 aromatic heterocycles. The summed E-state index contributed by atoms with van der Waals surface area (Å²) in [6, 6.07) is 16.4. The maximum absolute atomic E-state index is 12.5. The first-order valence-corrected chi connectivity index (χ1v) is 11.5. The highest BCUT2D eigenvalue weighted by atomic mass is 19.4. The summed E-state index contributed by atoms with van der Waals surface area (Å²) < 4.78 is 36.9. The average Bonchev–Trinajstić information content (AvgIpc) is 3.71. The van der Waals surface area contributed by atoms with Gasteiger partial charge in [-0.05, 0) is 61.4 Å². The predicted octanol–water partition coefficient (Wildman–Crippen LogP) is 3.68. The van der Waals surface area contributed by atoms with Gasteiger partial charge in [0.1, 0.15) is 5.75 Å². The Morgan fingerprint density at radius 1 is 1.11 bits per heavy atom. The quantitative estimate of drug-likeness (QED) is 0.353. The van der Waals surface area contributed by atoms with Crippen LogP contribution in [0.2, 0.25) is 0 Å². The number of benzene rings is 2. The number of alkyl halides is 3. The molecule has 0 unspecified atom stereocenters. The van der Waals surface area contributed by atoms with Crippen LogP contribution in [0.4, 0.5) is 18.9 Å². The number of nitrogens with one attached hydrogen (secondary N) is 2. The first-order valence-electron chi connectivity index (χ1n) is 11.5. The lowest BCUT2D eigenvalue weighted by molar-refractivity contribution is -0.192. The number of nitrogens with two attached hydrogens (primary N) is 1. The Balaban J connectivity index is 0.000000604. The summed E-state index contributed by atoms with van der Waals surface area (Å²) in [7, 11) is 1.59. The molecule has 1 fully saturated rings. The molecule has 3 rings (SSSR count). The van der Waals surface area contributed by atoms with Crippen LogP contribution in [0.25, 0.3) is 0 Å². The average molecular weight is 522 g/mol. The van der Waals surface area contributed by atoms with Crippen LogP contribution < -0.4 is 21.1 Å². The number of carbonyl (C=O) groups excluding carboxylic acids is 2. The molecular formula is C26H30F3N3O5. The zero-order valence-corrected chi connectivity index (χ0v) is 20.2. The highest BCUT2D eigenvalue weighted by Gasteiger charge is 2.38. The highest BCUT2D eigenvalue weighted by Crippen LogP contribution is 2.31. The number of hydrogen-bond donors (Lipinski definition) is 4. The van der Waals surface area contributed by atoms with Crippen LogP contribution in [0, 0.1) is 5.92 Å². The van der Waals surface area contributed by atoms with Crippen LogP contribution in [0.5, 0.6) is 5.75 Å². The van der Waals surface area contributed by atoms with Crippen LogP contribution in [0.15, 0.2) is 66.7 Å². The third-order valence-corrected chi connectivity index (χ3v) is 5.43. The van der Waals surface area contributed by atoms with E-state index >= 15 is 0 Å². The van der Waals surface area contributed by atoms with Crippen molar-refractivity contribution in [1.82, 2.24) is 5.32 Å². The van der Waals surface area contributed by atoms with Crippen molar-refractivity contribution in [2.24, 2.45) is 11.7 Å². The summed E-state index contributed by atoms with van der Waals surface area (Å²) in [5.74, 6) is -2.17. The fourth-order valence-corrected chi connectivity index (χ4v) is 3.19. The van der Waals surface area contributed by atoms with Crippen LogP contribution in [0.3, 0.4) is 0 Å². The normalized spacial score (nSPS) is 14.6. The van der Waals surface area contributed by atoms with E-state index in [0.717, 1.165) is 25.0 Å². The van der Waals surface area contributed by atoms with Crippen molar-refractivity contribution in [2.75, 3.05) is 12.4 Å². The standard InChI is InChI=1S/C24H29N3O3.C2HF3O2/c1-30-21-14-11-19(12-15-21)26-22(28)16-13-20(10-7-17-5-3-2-4-6-17)27-24(29)23(25)18-8-9-18;3-2(4,5)1(6)7/h2-6,11-16,18,20,23H,7-10,25H2,1H3,(H,26,28)(H,27,29);(H,6,7)/t20-,23-;/m0./s1. The van der Waals surface area contributed by atoms with E-state index in [0.29, 0.717) is 12.1 Å². The van der Waals surface area contributed by atoms with Gasteiger partial charge < -0.3 is 26.2 Å². The van der Waals surface area contributed by atoms with Gasteiger partial charge in [-0.15, -0.1) is 0 Å². The third kappa shape index (κ3) is 11.2. The van der Waals surface area contributed by atoms with Crippen LogP contribution >= 0.6 is 0 Å². The molecule has 1 aliphatic rings. The molecule has 2 atom stereocenters. The topological polar surface area (TPSA) is 131 Å². The van der Waals surface area contributed by atoms with Crippen molar-refractivity contribution >= 4 is 23.5 Å². The Morgan fingerprint density at radius 3 is 2.22 bits per heavy atom. The molecular weight excluding hydrogens is 491 g/mol. The summed E-state index contributed by atoms with van der Waals surface area (Å²) in [5, 5.41) is 12.9. The number of aryl methyl sites for hydroxylation is 1. The number of rotatable bonds is 10. The van der Waals surface area contributed by atoms with Gasteiger partial charge in [0.25, 0.3) is 0 Å². The predicted molar refractivity (Wildman–Crippen MR) is 132 cm³/mol. The molecule has 11 heteroatoms. The number of methoxy groups -OCH3 is 1. The summed E-state index contributed by atoms with van der Waals surface area (Å²) in [6.45, 7) is 0. The summed E-state index contributed by atoms with van der Waals surface area (Å²) in [6.07, 6.45) is 1.59. The van der Waals surface area contributed by atoms with Crippen LogP contribution in [0.1, 0.15) is 24.8 Å². The number of amides is 2. The monoisotopic (exact) mass is 521 g/mol. The Bertz CT molecular complexity index is 1060. The zero-order chi connectivity index (χ0) is 27.4. The zero-order valence-electron chi connectivity index (χ0n) is 20.2. The fourth-order valence-electron chi connectivity index (χ4n) is 3.19. The maximum atomic E-state index is 12.5. The molecule has 2 aromatic carbocycles. The van der Waals surface area contributed by atoms with Gasteiger partial charge in [0.2, 0.25) is 11.8 Å². The van der Waals surface area contributed by atoms with Crippen molar-refractivity contribution in [1.29, 1.82) is 0 Å². The minimum absolute atomic E-state index is 0.157. The van der Waals surface area contributed by atoms with Crippen molar-refractivity contribution in [3.8, 4) is 5.75 Å². The van der Waals surface area contributed by atoms with E-state index in [9.17, 15) is 22.8 Å². The molecule has 1 aliphatic carbocycles. The lowest BCUT2D eigenvalue weighted by Gasteiger charge is -2.18. The number of carbonyl (C=O) groups is 3. The largest absolute Gasteiger partial charge is 0.497 e. The summed E-state index contributed by atoms with van der Waals surface area (Å²) in [5.41, 5.74) is 7.89. The molecule has 0 saturated heterocycles. The molecule has 5 N–H and O–H groups in total. The molecule has 0 bridgehead atoms. The number of carboxylic acids is 1. The summed E-state index contributed by atoms with van der Waals surface area (Å²) in [4.78, 5) is 33.7. The molecule has 2 amide bonds. The van der Waals surface area contributed by atoms with Gasteiger partial charge in [-0.2, -0.15) is 13.2 Å². The fraction of sp³-hybridized carbons (Fsp3) is 0.346. The first kappa shape index (κ1) is 29.4. The number of ether oxygens (including phenoxy) is 1. The van der Waals surface area contributed by atoms with Gasteiger partial charge in [0, 0.05) is 17.8 Å². The van der Waals surface area contributed by atoms with Gasteiger partial charge in [-0.3, -0.25) is 9.59 Å². The minimum Gasteiger partial charge on any atom is -0.497 e. The second-order valence-electron chi connectivity index (χ2n) is 8.38. The van der Waals surface area contributed by atoms with E-state index in [1.54, 1.807) is 37.5 Å². The number of aliphatic carboxylic acids is 1. The lowest BCUT2D eigenvalue weighted by atomic mass is 10.0. The Hall–Kier alpha value is -3.86. The van der Waals surface area contributed by atoms with Crippen LogP contribution in [-0.4, -0.2) is 48.3 Å². The molecule has 1 saturated carbocycles. The number of halogens is 3. The molecule has 8 nitrogen and oxygen atoms in total. The maximum Gasteiger partial charge on any atom is 0.490 e. The van der Waals surface area contributed by atoms with Gasteiger partial charge in [-0.1, -0.05) is 36.4 Å². The second-order valence-corrected chi connectivity index (χ2v) is 8.38. The molecule has 37 heavy (non-hydrogen) atoms. The van der Waals surface area contributed by atoms with Crippen molar-refractivity contribution in [3.05, 3.63) is 72.3 Å². The van der Waals surface area contributed by atoms with E-state index in [-0.39, 0.29) is 23.8 Å². The molecule has 200 valence electrons. The Labute approximate surface area is 212 Å². The van der Waals surface area contributed by atoms with Gasteiger partial charge >= 0.3 is 12.1 Å². The minimum atomic E-state index is -5.08. The second kappa shape index (κ2) is 14.0. The van der Waals surface area contributed by atoms with E-state index < -0.39 is 18.2 Å². The SMILES string of the molecule is COc1ccc(NC(=O)C=C[C@H](CCc2ccccc2)NC(=O)[C@@H](N)C2CC2)cc1.O=C(O)C(F)(F)F. The van der Waals surface area contributed by atoms with Crippen LogP contribution in [-0.2, 0) is 20.8 Å². The molecule has 0 spiro atoms. The number of anilines is 1. The van der Waals surface area contributed by atoms with E-state index in [2.05, 4.69) is 22.8 Å². The third-order valence-electron chi connectivity index (χ3n) is 5.43. The van der Waals surface area contributed by atoms with Crippen molar-refractivity contribution in [2.45, 2.75) is 43.9 Å². The smallest absolute Gasteiger partial charge is 0.490 e. The van der Waals surface area contributed by atoms with E-state index in [1.807, 2.05) is 18.2 Å². The van der Waals surface area contributed by atoms with Gasteiger partial charge in [0.15, 0.2) is 0 Å². The number of carboxylic acid groups (broad SMARTS) is 1. The van der Waals surface area contributed by atoms with Gasteiger partial charge in [0.05, 0.1) is 13.2 Å². The van der Waals surface area contributed by atoms with E-state index in [4.69, 9.17) is 20.4 Å². The lowest BCUT2D eigenvalue weighted by Crippen LogP contribution is -2.46. The Kier molecular flexibility index (Phi) is 11.1.